The second kappa shape index (κ2) is 12.9. The fraction of sp³-hybridized carbons (Fsp3) is 0.412. The van der Waals surface area contributed by atoms with Crippen molar-refractivity contribution in [3.63, 3.8) is 0 Å². The highest BCUT2D eigenvalue weighted by Gasteiger charge is 2.30. The molecule has 0 radical (unpaired) electrons. The summed E-state index contributed by atoms with van der Waals surface area (Å²) in [6, 6.07) is 11.0. The van der Waals surface area contributed by atoms with Crippen LogP contribution in [-0.2, 0) is 0 Å². The van der Waals surface area contributed by atoms with Crippen LogP contribution in [0.4, 0.5) is 11.5 Å². The number of halogens is 2. The zero-order chi connectivity index (χ0) is 33.6. The first-order valence-electron chi connectivity index (χ1n) is 15.5. The summed E-state index contributed by atoms with van der Waals surface area (Å²) in [7, 11) is 4.12. The van der Waals surface area contributed by atoms with E-state index in [1.807, 2.05) is 39.0 Å². The number of pyridine rings is 3. The van der Waals surface area contributed by atoms with Crippen molar-refractivity contribution in [1.29, 1.82) is 0 Å². The van der Waals surface area contributed by atoms with Gasteiger partial charge in [0.15, 0.2) is 0 Å². The lowest BCUT2D eigenvalue weighted by atomic mass is 10.1. The molecule has 11 nitrogen and oxygen atoms in total. The van der Waals surface area contributed by atoms with E-state index in [-0.39, 0.29) is 22.9 Å². The molecule has 1 atom stereocenters. The number of anilines is 2. The van der Waals surface area contributed by atoms with E-state index < -0.39 is 17.0 Å². The summed E-state index contributed by atoms with van der Waals surface area (Å²) >= 11 is 13.3. The molecule has 248 valence electrons. The standard InChI is InChI=1S/C34H38Cl2N6O5/c1-34(2,3)47-30-11-9-25(35)32(38-30)46-19-21-7-6-12-41(21)28-14-27-23(13-26(28)36)31(43)24(33(44)45)18-42(27)20-8-10-29(37-15-20)40-16-22(17-40)39(4)5/h8-11,13-15,18,21-22H,6-7,12,16-17,19H2,1-5H3,(H,44,45)/t21-/m1/s1. The molecule has 0 spiro atoms. The number of rotatable bonds is 9. The molecule has 1 N–H and O–H groups in total. The Morgan fingerprint density at radius 2 is 1.87 bits per heavy atom. The van der Waals surface area contributed by atoms with Crippen molar-refractivity contribution in [2.24, 2.45) is 0 Å². The van der Waals surface area contributed by atoms with Crippen LogP contribution in [0.3, 0.4) is 0 Å². The minimum Gasteiger partial charge on any atom is -0.477 e. The molecule has 0 bridgehead atoms. The third-order valence-corrected chi connectivity index (χ3v) is 9.12. The first-order chi connectivity index (χ1) is 22.3. The van der Waals surface area contributed by atoms with Gasteiger partial charge in [0.25, 0.3) is 0 Å². The van der Waals surface area contributed by atoms with Crippen LogP contribution in [0, 0.1) is 0 Å². The zero-order valence-corrected chi connectivity index (χ0v) is 28.5. The summed E-state index contributed by atoms with van der Waals surface area (Å²) in [6.07, 6.45) is 4.80. The first-order valence-corrected chi connectivity index (χ1v) is 16.3. The molecule has 2 aliphatic rings. The number of aromatic nitrogens is 3. The molecule has 13 heteroatoms. The van der Waals surface area contributed by atoms with Crippen molar-refractivity contribution in [2.45, 2.75) is 51.3 Å². The van der Waals surface area contributed by atoms with E-state index >= 15 is 0 Å². The van der Waals surface area contributed by atoms with Crippen molar-refractivity contribution in [3.8, 4) is 17.4 Å². The van der Waals surface area contributed by atoms with Gasteiger partial charge in [-0.1, -0.05) is 23.2 Å². The predicted molar refractivity (Wildman–Crippen MR) is 184 cm³/mol. The number of carboxylic acid groups (broad SMARTS) is 1. The van der Waals surface area contributed by atoms with Gasteiger partial charge in [0.05, 0.1) is 34.2 Å². The average molecular weight is 682 g/mol. The Morgan fingerprint density at radius 1 is 1.11 bits per heavy atom. The van der Waals surface area contributed by atoms with Crippen LogP contribution in [0.1, 0.15) is 44.0 Å². The molecule has 5 heterocycles. The van der Waals surface area contributed by atoms with E-state index in [1.54, 1.807) is 29.0 Å². The number of hydrogen-bond acceptors (Lipinski definition) is 9. The predicted octanol–water partition coefficient (Wildman–Crippen LogP) is 5.76. The molecule has 0 unspecified atom stereocenters. The number of carboxylic acids is 1. The number of aromatic carboxylic acids is 1. The summed E-state index contributed by atoms with van der Waals surface area (Å²) < 4.78 is 13.7. The average Bonchev–Trinajstić information content (AvgIpc) is 3.44. The summed E-state index contributed by atoms with van der Waals surface area (Å²) in [5, 5.41) is 10.8. The van der Waals surface area contributed by atoms with Gasteiger partial charge in [-0.2, -0.15) is 4.98 Å². The van der Waals surface area contributed by atoms with Crippen molar-refractivity contribution >= 4 is 51.6 Å². The quantitative estimate of drug-likeness (QED) is 0.234. The van der Waals surface area contributed by atoms with Gasteiger partial charge in [-0.15, -0.1) is 0 Å². The minimum absolute atomic E-state index is 0.0584. The molecule has 47 heavy (non-hydrogen) atoms. The van der Waals surface area contributed by atoms with Gasteiger partial charge >= 0.3 is 5.97 Å². The molecule has 3 aromatic heterocycles. The highest BCUT2D eigenvalue weighted by molar-refractivity contribution is 6.34. The minimum atomic E-state index is -1.31. The van der Waals surface area contributed by atoms with Crippen LogP contribution in [0.15, 0.2) is 53.6 Å². The maximum absolute atomic E-state index is 13.3. The lowest BCUT2D eigenvalue weighted by Crippen LogP contribution is -2.57. The van der Waals surface area contributed by atoms with Crippen LogP contribution in [-0.4, -0.2) is 88.5 Å². The van der Waals surface area contributed by atoms with Crippen molar-refractivity contribution in [2.75, 3.05) is 50.1 Å². The van der Waals surface area contributed by atoms with Crippen LogP contribution in [0.5, 0.6) is 11.8 Å². The summed E-state index contributed by atoms with van der Waals surface area (Å²) in [5.74, 6) is 0.226. The topological polar surface area (TPSA) is 113 Å². The Kier molecular flexibility index (Phi) is 8.99. The Labute approximate surface area is 283 Å². The van der Waals surface area contributed by atoms with Gasteiger partial charge < -0.3 is 33.8 Å². The molecule has 4 aromatic rings. The SMILES string of the molecule is CN(C)C1CN(c2ccc(-n3cc(C(=O)O)c(=O)c4cc(Cl)c(N5CCC[C@@H]5COc5nc(OC(C)(C)C)ccc5Cl)cc43)cn2)C1. The second-order valence-electron chi connectivity index (χ2n) is 13.2. The Balaban J connectivity index is 1.32. The summed E-state index contributed by atoms with van der Waals surface area (Å²) in [5.41, 5.74) is 0.479. The highest BCUT2D eigenvalue weighted by atomic mass is 35.5. The molecule has 0 saturated carbocycles. The van der Waals surface area contributed by atoms with E-state index in [9.17, 15) is 14.7 Å². The summed E-state index contributed by atoms with van der Waals surface area (Å²) in [4.78, 5) is 41.1. The van der Waals surface area contributed by atoms with Crippen LogP contribution < -0.4 is 24.7 Å². The van der Waals surface area contributed by atoms with Crippen molar-refractivity contribution in [1.82, 2.24) is 19.4 Å². The second-order valence-corrected chi connectivity index (χ2v) is 14.0. The molecular formula is C34H38Cl2N6O5. The van der Waals surface area contributed by atoms with Gasteiger partial charge in [0, 0.05) is 43.3 Å². The molecule has 2 fully saturated rings. The molecule has 6 rings (SSSR count). The fourth-order valence-corrected chi connectivity index (χ4v) is 6.41. The number of carbonyl (C=O) groups is 1. The molecule has 1 aromatic carbocycles. The molecule has 2 aliphatic heterocycles. The van der Waals surface area contributed by atoms with Gasteiger partial charge in [-0.05, 0) is 78.0 Å². The Hall–Kier alpha value is -4.06. The van der Waals surface area contributed by atoms with Crippen LogP contribution >= 0.6 is 23.2 Å². The molecule has 0 aliphatic carbocycles. The van der Waals surface area contributed by atoms with E-state index in [0.29, 0.717) is 52.0 Å². The van der Waals surface area contributed by atoms with Gasteiger partial charge in [-0.25, -0.2) is 9.78 Å². The van der Waals surface area contributed by atoms with E-state index in [1.165, 1.54) is 6.20 Å². The third-order valence-electron chi connectivity index (χ3n) is 8.53. The van der Waals surface area contributed by atoms with Crippen molar-refractivity contribution < 1.29 is 19.4 Å². The van der Waals surface area contributed by atoms with Gasteiger partial charge in [-0.3, -0.25) is 4.79 Å². The van der Waals surface area contributed by atoms with E-state index in [4.69, 9.17) is 32.7 Å². The molecule has 2 saturated heterocycles. The van der Waals surface area contributed by atoms with Gasteiger partial charge in [0.1, 0.15) is 28.6 Å². The Morgan fingerprint density at radius 3 is 2.53 bits per heavy atom. The fourth-order valence-electron chi connectivity index (χ4n) is 5.98. The number of nitrogens with zero attached hydrogens (tertiary/aromatic N) is 6. The first kappa shape index (κ1) is 32.9. The number of hydrogen-bond donors (Lipinski definition) is 1. The molecular weight excluding hydrogens is 643 g/mol. The van der Waals surface area contributed by atoms with Crippen LogP contribution in [0.2, 0.25) is 10.0 Å². The number of fused-ring (bicyclic) bond motifs is 1. The number of likely N-dealkylation sites (N-methyl/N-ethyl adjacent to an activating group) is 1. The third kappa shape index (κ3) is 6.83. The Bertz CT molecular complexity index is 1870. The largest absolute Gasteiger partial charge is 0.477 e. The van der Waals surface area contributed by atoms with Crippen LogP contribution in [0.25, 0.3) is 16.6 Å². The lowest BCUT2D eigenvalue weighted by Gasteiger charge is -2.43. The number of ether oxygens (including phenoxy) is 2. The maximum atomic E-state index is 13.3. The number of benzene rings is 1. The van der Waals surface area contributed by atoms with Gasteiger partial charge in [0.2, 0.25) is 17.2 Å². The normalized spacial score (nSPS) is 17.0. The monoisotopic (exact) mass is 680 g/mol. The van der Waals surface area contributed by atoms with Crippen molar-refractivity contribution in [3.05, 3.63) is 74.6 Å². The smallest absolute Gasteiger partial charge is 0.341 e. The zero-order valence-electron chi connectivity index (χ0n) is 27.0. The highest BCUT2D eigenvalue weighted by Crippen LogP contribution is 2.36. The lowest BCUT2D eigenvalue weighted by molar-refractivity contribution is 0.0695. The summed E-state index contributed by atoms with van der Waals surface area (Å²) in [6.45, 7) is 8.58. The maximum Gasteiger partial charge on any atom is 0.341 e. The van der Waals surface area contributed by atoms with E-state index in [2.05, 4.69) is 38.8 Å². The van der Waals surface area contributed by atoms with E-state index in [0.717, 1.165) is 31.7 Å². The molecule has 0 amide bonds.